The molecule has 0 atom stereocenters. The van der Waals surface area contributed by atoms with Crippen molar-refractivity contribution in [3.05, 3.63) is 65.2 Å². The van der Waals surface area contributed by atoms with E-state index in [1.54, 1.807) is 26.2 Å². The van der Waals surface area contributed by atoms with Gasteiger partial charge in [-0.2, -0.15) is 0 Å². The van der Waals surface area contributed by atoms with Crippen LogP contribution in [-0.4, -0.2) is 19.7 Å². The van der Waals surface area contributed by atoms with Crippen molar-refractivity contribution in [2.45, 2.75) is 13.3 Å². The molecule has 0 N–H and O–H groups in total. The van der Waals surface area contributed by atoms with Crippen LogP contribution < -0.4 is 4.74 Å². The number of carbonyl (C=O) groups excluding carboxylic acids is 1. The zero-order chi connectivity index (χ0) is 14.4. The molecule has 2 aromatic rings. The summed E-state index contributed by atoms with van der Waals surface area (Å²) in [5, 5.41) is 0. The number of benzene rings is 2. The molecule has 0 fully saturated rings. The van der Waals surface area contributed by atoms with Gasteiger partial charge in [-0.05, 0) is 48.7 Å². The zero-order valence-electron chi connectivity index (χ0n) is 11.8. The third kappa shape index (κ3) is 3.60. The first kappa shape index (κ1) is 14.1. The first-order valence-corrected chi connectivity index (χ1v) is 6.62. The van der Waals surface area contributed by atoms with Gasteiger partial charge in [0.15, 0.2) is 0 Å². The number of carbonyl (C=O) groups is 1. The smallest absolute Gasteiger partial charge is 0.338 e. The molecule has 0 bridgehead atoms. The van der Waals surface area contributed by atoms with Crippen molar-refractivity contribution in [2.24, 2.45) is 0 Å². The second-order valence-corrected chi connectivity index (χ2v) is 4.45. The molecule has 0 aliphatic rings. The van der Waals surface area contributed by atoms with Gasteiger partial charge in [-0.15, -0.1) is 0 Å². The lowest BCUT2D eigenvalue weighted by Crippen LogP contribution is -2.04. The van der Waals surface area contributed by atoms with Crippen molar-refractivity contribution >= 4 is 5.97 Å². The summed E-state index contributed by atoms with van der Waals surface area (Å²) < 4.78 is 10.2. The van der Waals surface area contributed by atoms with Crippen LogP contribution in [0.3, 0.4) is 0 Å². The van der Waals surface area contributed by atoms with E-state index in [9.17, 15) is 4.79 Å². The average molecular weight is 270 g/mol. The summed E-state index contributed by atoms with van der Waals surface area (Å²) >= 11 is 0. The van der Waals surface area contributed by atoms with Crippen molar-refractivity contribution in [1.29, 1.82) is 0 Å². The molecule has 3 nitrogen and oxygen atoms in total. The summed E-state index contributed by atoms with van der Waals surface area (Å²) in [5.41, 5.74) is 2.90. The second kappa shape index (κ2) is 6.75. The first-order valence-electron chi connectivity index (χ1n) is 6.62. The van der Waals surface area contributed by atoms with Gasteiger partial charge in [0, 0.05) is 0 Å². The van der Waals surface area contributed by atoms with Crippen LogP contribution in [-0.2, 0) is 11.2 Å². The molecule has 0 saturated heterocycles. The highest BCUT2D eigenvalue weighted by molar-refractivity contribution is 5.89. The number of hydrogen-bond donors (Lipinski definition) is 0. The molecule has 0 aliphatic carbocycles. The van der Waals surface area contributed by atoms with Gasteiger partial charge in [-0.1, -0.05) is 24.3 Å². The summed E-state index contributed by atoms with van der Waals surface area (Å²) in [6.45, 7) is 2.19. The van der Waals surface area contributed by atoms with Crippen LogP contribution in [0.5, 0.6) is 5.75 Å². The largest absolute Gasteiger partial charge is 0.497 e. The van der Waals surface area contributed by atoms with Crippen molar-refractivity contribution in [2.75, 3.05) is 13.7 Å². The molecule has 20 heavy (non-hydrogen) atoms. The minimum absolute atomic E-state index is 0.277. The van der Waals surface area contributed by atoms with Crippen LogP contribution in [0.15, 0.2) is 48.5 Å². The summed E-state index contributed by atoms with van der Waals surface area (Å²) in [7, 11) is 1.66. The summed E-state index contributed by atoms with van der Waals surface area (Å²) in [4.78, 5) is 11.6. The van der Waals surface area contributed by atoms with E-state index < -0.39 is 0 Å². The van der Waals surface area contributed by atoms with Gasteiger partial charge in [-0.3, -0.25) is 0 Å². The average Bonchev–Trinajstić information content (AvgIpc) is 2.48. The maximum atomic E-state index is 11.6. The van der Waals surface area contributed by atoms with Crippen LogP contribution >= 0.6 is 0 Å². The fraction of sp³-hybridized carbons (Fsp3) is 0.235. The molecule has 0 amide bonds. The highest BCUT2D eigenvalue weighted by Gasteiger charge is 2.06. The zero-order valence-corrected chi connectivity index (χ0v) is 11.8. The molecule has 104 valence electrons. The Morgan fingerprint density at radius 1 is 1.05 bits per heavy atom. The fourth-order valence-corrected chi connectivity index (χ4v) is 1.99. The molecular weight excluding hydrogens is 252 g/mol. The summed E-state index contributed by atoms with van der Waals surface area (Å²) in [6.07, 6.45) is 0.806. The highest BCUT2D eigenvalue weighted by Crippen LogP contribution is 2.16. The van der Waals surface area contributed by atoms with E-state index in [1.807, 2.05) is 30.3 Å². The van der Waals surface area contributed by atoms with E-state index in [0.717, 1.165) is 17.7 Å². The maximum absolute atomic E-state index is 11.6. The molecular formula is C17H18O3. The lowest BCUT2D eigenvalue weighted by molar-refractivity contribution is 0.0526. The van der Waals surface area contributed by atoms with Crippen molar-refractivity contribution < 1.29 is 14.3 Å². The van der Waals surface area contributed by atoms with Gasteiger partial charge in [-0.25, -0.2) is 4.79 Å². The van der Waals surface area contributed by atoms with Gasteiger partial charge in [0.25, 0.3) is 0 Å². The molecule has 2 aromatic carbocycles. The van der Waals surface area contributed by atoms with Gasteiger partial charge in [0.2, 0.25) is 0 Å². The van der Waals surface area contributed by atoms with Crippen molar-refractivity contribution in [1.82, 2.24) is 0 Å². The number of esters is 1. The Morgan fingerprint density at radius 2 is 1.80 bits per heavy atom. The SMILES string of the molecule is CCOC(=O)c1ccc(Cc2cccc(OC)c2)cc1. The normalized spacial score (nSPS) is 10.1. The van der Waals surface area contributed by atoms with E-state index in [2.05, 4.69) is 6.07 Å². The Balaban J connectivity index is 2.08. The molecule has 0 unspecified atom stereocenters. The van der Waals surface area contributed by atoms with E-state index in [4.69, 9.17) is 9.47 Å². The highest BCUT2D eigenvalue weighted by atomic mass is 16.5. The maximum Gasteiger partial charge on any atom is 0.338 e. The predicted molar refractivity (Wildman–Crippen MR) is 78.2 cm³/mol. The fourth-order valence-electron chi connectivity index (χ4n) is 1.99. The second-order valence-electron chi connectivity index (χ2n) is 4.45. The minimum Gasteiger partial charge on any atom is -0.497 e. The monoisotopic (exact) mass is 270 g/mol. The number of ether oxygens (including phenoxy) is 2. The molecule has 3 heteroatoms. The van der Waals surface area contributed by atoms with E-state index >= 15 is 0 Å². The van der Waals surface area contributed by atoms with Crippen LogP contribution in [0.4, 0.5) is 0 Å². The molecule has 0 saturated carbocycles. The van der Waals surface area contributed by atoms with Gasteiger partial charge >= 0.3 is 5.97 Å². The third-order valence-electron chi connectivity index (χ3n) is 3.01. The quantitative estimate of drug-likeness (QED) is 0.780. The summed E-state index contributed by atoms with van der Waals surface area (Å²) in [6, 6.07) is 15.5. The number of methoxy groups -OCH3 is 1. The van der Waals surface area contributed by atoms with Crippen LogP contribution in [0.2, 0.25) is 0 Å². The molecule has 0 aliphatic heterocycles. The topological polar surface area (TPSA) is 35.5 Å². The van der Waals surface area contributed by atoms with E-state index in [0.29, 0.717) is 12.2 Å². The Labute approximate surface area is 119 Å². The molecule has 0 spiro atoms. The molecule has 0 radical (unpaired) electrons. The van der Waals surface area contributed by atoms with Crippen LogP contribution in [0.1, 0.15) is 28.4 Å². The Morgan fingerprint density at radius 3 is 2.45 bits per heavy atom. The third-order valence-corrected chi connectivity index (χ3v) is 3.01. The predicted octanol–water partition coefficient (Wildman–Crippen LogP) is 3.46. The van der Waals surface area contributed by atoms with Crippen molar-refractivity contribution in [3.63, 3.8) is 0 Å². The Hall–Kier alpha value is -2.29. The van der Waals surface area contributed by atoms with Gasteiger partial charge in [0.05, 0.1) is 19.3 Å². The summed E-state index contributed by atoms with van der Waals surface area (Å²) in [5.74, 6) is 0.575. The minimum atomic E-state index is -0.277. The molecule has 0 aromatic heterocycles. The van der Waals surface area contributed by atoms with Crippen molar-refractivity contribution in [3.8, 4) is 5.75 Å². The van der Waals surface area contributed by atoms with Gasteiger partial charge < -0.3 is 9.47 Å². The standard InChI is InChI=1S/C17H18O3/c1-3-20-17(18)15-9-7-13(8-10-15)11-14-5-4-6-16(12-14)19-2/h4-10,12H,3,11H2,1-2H3. The van der Waals surface area contributed by atoms with E-state index in [-0.39, 0.29) is 5.97 Å². The number of hydrogen-bond acceptors (Lipinski definition) is 3. The Bertz CT molecular complexity index is 573. The Kier molecular flexibility index (Phi) is 4.77. The number of rotatable bonds is 5. The molecule has 0 heterocycles. The van der Waals surface area contributed by atoms with Gasteiger partial charge in [0.1, 0.15) is 5.75 Å². The van der Waals surface area contributed by atoms with E-state index in [1.165, 1.54) is 5.56 Å². The lowest BCUT2D eigenvalue weighted by atomic mass is 10.0. The molecule has 2 rings (SSSR count). The van der Waals surface area contributed by atoms with Crippen LogP contribution in [0, 0.1) is 0 Å². The first-order chi connectivity index (χ1) is 9.72. The van der Waals surface area contributed by atoms with Crippen LogP contribution in [0.25, 0.3) is 0 Å². The lowest BCUT2D eigenvalue weighted by Gasteiger charge is -2.06.